The normalized spacial score (nSPS) is 40.6. The molecule has 28 heavy (non-hydrogen) atoms. The highest BCUT2D eigenvalue weighted by Crippen LogP contribution is 2.73. The van der Waals surface area contributed by atoms with Crippen LogP contribution in [0.5, 0.6) is 0 Å². The molecule has 1 aliphatic heterocycles. The summed E-state index contributed by atoms with van der Waals surface area (Å²) >= 11 is 0. The van der Waals surface area contributed by atoms with E-state index >= 15 is 0 Å². The van der Waals surface area contributed by atoms with Crippen molar-refractivity contribution in [2.45, 2.75) is 82.2 Å². The minimum atomic E-state index is 0. The smallest absolute Gasteiger partial charge is 0.217 e. The first-order chi connectivity index (χ1) is 13.6. The SMILES string of the molecule is CC(=O)N[C@H]1CCC2(CCN([C@@H]3C[C@@H]4CCC5CC54C3)CC2)c2ccccc21.[HH].[HH]. The summed E-state index contributed by atoms with van der Waals surface area (Å²) in [6.07, 6.45) is 12.5. The van der Waals surface area contributed by atoms with Crippen molar-refractivity contribution in [1.29, 1.82) is 0 Å². The maximum atomic E-state index is 11.7. The number of rotatable bonds is 2. The minimum Gasteiger partial charge on any atom is -0.350 e. The summed E-state index contributed by atoms with van der Waals surface area (Å²) in [7, 11) is 0. The van der Waals surface area contributed by atoms with Crippen LogP contribution in [0.25, 0.3) is 0 Å². The van der Waals surface area contributed by atoms with E-state index in [2.05, 4.69) is 34.5 Å². The summed E-state index contributed by atoms with van der Waals surface area (Å²) in [4.78, 5) is 14.5. The first-order valence-corrected chi connectivity index (χ1v) is 11.7. The number of likely N-dealkylation sites (tertiary alicyclic amines) is 1. The Labute approximate surface area is 172 Å². The van der Waals surface area contributed by atoms with Crippen LogP contribution in [0.15, 0.2) is 24.3 Å². The summed E-state index contributed by atoms with van der Waals surface area (Å²) in [5.74, 6) is 2.26. The Morgan fingerprint density at radius 1 is 1.07 bits per heavy atom. The molecule has 5 atom stereocenters. The molecule has 3 saturated carbocycles. The Bertz CT molecular complexity index is 806. The first kappa shape index (κ1) is 17.5. The van der Waals surface area contributed by atoms with Gasteiger partial charge in [0.05, 0.1) is 6.04 Å². The van der Waals surface area contributed by atoms with E-state index < -0.39 is 0 Å². The second kappa shape index (κ2) is 6.08. The number of hydrogen-bond donors (Lipinski definition) is 1. The maximum absolute atomic E-state index is 11.7. The van der Waals surface area contributed by atoms with Gasteiger partial charge in [-0.2, -0.15) is 0 Å². The minimum absolute atomic E-state index is 0. The molecule has 5 aliphatic rings. The van der Waals surface area contributed by atoms with Gasteiger partial charge in [-0.15, -0.1) is 0 Å². The molecule has 3 heteroatoms. The van der Waals surface area contributed by atoms with Gasteiger partial charge in [0, 0.05) is 15.8 Å². The van der Waals surface area contributed by atoms with Crippen molar-refractivity contribution in [2.24, 2.45) is 17.3 Å². The third kappa shape index (κ3) is 2.47. The van der Waals surface area contributed by atoms with E-state index in [9.17, 15) is 4.79 Å². The van der Waals surface area contributed by atoms with E-state index in [0.717, 1.165) is 29.7 Å². The molecular formula is C25H38N2O. The van der Waals surface area contributed by atoms with Crippen LogP contribution < -0.4 is 5.32 Å². The fraction of sp³-hybridized carbons (Fsp3) is 0.720. The highest BCUT2D eigenvalue weighted by atomic mass is 16.1. The van der Waals surface area contributed by atoms with Crippen LogP contribution in [-0.4, -0.2) is 29.9 Å². The highest BCUT2D eigenvalue weighted by molar-refractivity contribution is 5.73. The summed E-state index contributed by atoms with van der Waals surface area (Å²) in [6.45, 7) is 4.20. The van der Waals surface area contributed by atoms with Gasteiger partial charge in [0.1, 0.15) is 0 Å². The van der Waals surface area contributed by atoms with E-state index in [4.69, 9.17) is 0 Å². The molecule has 4 aliphatic carbocycles. The van der Waals surface area contributed by atoms with Crippen LogP contribution in [0, 0.1) is 17.3 Å². The van der Waals surface area contributed by atoms with Gasteiger partial charge in [-0.05, 0) is 105 Å². The van der Waals surface area contributed by atoms with Crippen LogP contribution in [0.2, 0.25) is 0 Å². The molecule has 2 unspecified atom stereocenters. The Balaban J connectivity index is 0.00000109. The molecule has 1 aromatic rings. The van der Waals surface area contributed by atoms with E-state index in [-0.39, 0.29) is 14.8 Å². The lowest BCUT2D eigenvalue weighted by Crippen LogP contribution is -2.48. The predicted molar refractivity (Wildman–Crippen MR) is 115 cm³/mol. The standard InChI is InChI=1S/C25H34N2O.2H2/c1-17(28)26-23-8-9-24(22-5-3-2-4-21(22)23)10-12-27(13-11-24)20-14-18-6-7-19-15-25(18,19)16-20;;/h2-5,18-20,23H,6-16H2,1H3,(H,26,28);2*1H/t18-,19?,20+,23-,25?;;/m0../s1. The molecule has 1 aromatic carbocycles. The van der Waals surface area contributed by atoms with Gasteiger partial charge < -0.3 is 10.2 Å². The van der Waals surface area contributed by atoms with E-state index in [0.29, 0.717) is 5.41 Å². The molecule has 154 valence electrons. The van der Waals surface area contributed by atoms with E-state index in [1.54, 1.807) is 13.3 Å². The summed E-state index contributed by atoms with van der Waals surface area (Å²) < 4.78 is 0. The lowest BCUT2D eigenvalue weighted by atomic mass is 9.63. The fourth-order valence-electron chi connectivity index (χ4n) is 8.10. The number of fused-ring (bicyclic) bond motifs is 2. The number of amides is 1. The number of nitrogens with one attached hydrogen (secondary N) is 1. The monoisotopic (exact) mass is 382 g/mol. The predicted octanol–water partition coefficient (Wildman–Crippen LogP) is 5.06. The second-order valence-corrected chi connectivity index (χ2v) is 10.7. The number of hydrogen-bond acceptors (Lipinski definition) is 2. The Kier molecular flexibility index (Phi) is 3.80. The first-order valence-electron chi connectivity index (χ1n) is 11.7. The summed E-state index contributed by atoms with van der Waals surface area (Å²) in [5, 5.41) is 3.20. The molecular weight excluding hydrogens is 344 g/mol. The number of carbonyl (C=O) groups is 1. The zero-order valence-corrected chi connectivity index (χ0v) is 17.3. The van der Waals surface area contributed by atoms with Gasteiger partial charge in [0.15, 0.2) is 0 Å². The molecule has 6 rings (SSSR count). The molecule has 1 amide bonds. The number of carbonyl (C=O) groups excluding carboxylic acids is 1. The number of nitrogens with zero attached hydrogens (tertiary/aromatic N) is 1. The van der Waals surface area contributed by atoms with Crippen molar-refractivity contribution < 1.29 is 7.65 Å². The van der Waals surface area contributed by atoms with Gasteiger partial charge >= 0.3 is 0 Å². The van der Waals surface area contributed by atoms with E-state index in [1.165, 1.54) is 69.2 Å². The quantitative estimate of drug-likeness (QED) is 0.775. The third-order valence-electron chi connectivity index (χ3n) is 9.60. The Morgan fingerprint density at radius 3 is 2.61 bits per heavy atom. The van der Waals surface area contributed by atoms with Crippen LogP contribution in [0.3, 0.4) is 0 Å². The molecule has 0 aromatic heterocycles. The molecule has 3 nitrogen and oxygen atoms in total. The fourth-order valence-corrected chi connectivity index (χ4v) is 8.10. The van der Waals surface area contributed by atoms with Crippen LogP contribution in [0.4, 0.5) is 0 Å². The summed E-state index contributed by atoms with van der Waals surface area (Å²) in [6, 6.07) is 10.0. The maximum Gasteiger partial charge on any atom is 0.217 e. The van der Waals surface area contributed by atoms with Crippen LogP contribution in [-0.2, 0) is 10.2 Å². The number of piperidine rings is 1. The Hall–Kier alpha value is -1.35. The van der Waals surface area contributed by atoms with Gasteiger partial charge in [-0.25, -0.2) is 0 Å². The largest absolute Gasteiger partial charge is 0.350 e. The Morgan fingerprint density at radius 2 is 1.86 bits per heavy atom. The highest BCUT2D eigenvalue weighted by Gasteiger charge is 2.66. The molecule has 2 spiro atoms. The van der Waals surface area contributed by atoms with Gasteiger partial charge in [0.2, 0.25) is 5.91 Å². The average Bonchev–Trinajstić information content (AvgIpc) is 3.10. The molecule has 1 saturated heterocycles. The zero-order chi connectivity index (χ0) is 18.9. The van der Waals surface area contributed by atoms with Gasteiger partial charge in [-0.1, -0.05) is 24.3 Å². The summed E-state index contributed by atoms with van der Waals surface area (Å²) in [5.41, 5.74) is 4.07. The zero-order valence-electron chi connectivity index (χ0n) is 17.3. The van der Waals surface area contributed by atoms with Crippen molar-refractivity contribution in [1.82, 2.24) is 10.2 Å². The lowest BCUT2D eigenvalue weighted by Gasteiger charge is -2.48. The van der Waals surface area contributed by atoms with E-state index in [1.807, 2.05) is 0 Å². The van der Waals surface area contributed by atoms with Crippen LogP contribution in [0.1, 0.15) is 84.7 Å². The van der Waals surface area contributed by atoms with Crippen molar-refractivity contribution in [3.8, 4) is 0 Å². The third-order valence-corrected chi connectivity index (χ3v) is 9.60. The topological polar surface area (TPSA) is 32.3 Å². The molecule has 0 bridgehead atoms. The second-order valence-electron chi connectivity index (χ2n) is 10.7. The average molecular weight is 383 g/mol. The van der Waals surface area contributed by atoms with Crippen molar-refractivity contribution in [3.63, 3.8) is 0 Å². The number of benzene rings is 1. The van der Waals surface area contributed by atoms with Gasteiger partial charge in [0.25, 0.3) is 0 Å². The van der Waals surface area contributed by atoms with Crippen molar-refractivity contribution in [2.75, 3.05) is 13.1 Å². The van der Waals surface area contributed by atoms with Gasteiger partial charge in [-0.3, -0.25) is 4.79 Å². The lowest BCUT2D eigenvalue weighted by molar-refractivity contribution is -0.119. The van der Waals surface area contributed by atoms with Crippen molar-refractivity contribution in [3.05, 3.63) is 35.4 Å². The van der Waals surface area contributed by atoms with Crippen molar-refractivity contribution >= 4 is 5.91 Å². The molecule has 1 N–H and O–H groups in total. The molecule has 1 heterocycles. The van der Waals surface area contributed by atoms with Crippen LogP contribution >= 0.6 is 0 Å². The molecule has 4 fully saturated rings. The molecule has 0 radical (unpaired) electrons.